The van der Waals surface area contributed by atoms with Gasteiger partial charge in [0.1, 0.15) is 0 Å². The van der Waals surface area contributed by atoms with Crippen LogP contribution in [0, 0.1) is 6.92 Å². The number of nitrogens with two attached hydrogens (primary N) is 1. The molecule has 0 aliphatic heterocycles. The number of ether oxygens (including phenoxy) is 1. The van der Waals surface area contributed by atoms with Gasteiger partial charge in [-0.25, -0.2) is 4.79 Å². The second kappa shape index (κ2) is 5.27. The molecule has 0 unspecified atom stereocenters. The Morgan fingerprint density at radius 2 is 2.14 bits per heavy atom. The van der Waals surface area contributed by atoms with Crippen LogP contribution in [-0.2, 0) is 4.74 Å². The molecule has 75 valence electrons. The largest absolute Gasteiger partial charge is 0.462 e. The van der Waals surface area contributed by atoms with Crippen molar-refractivity contribution < 1.29 is 9.53 Å². The predicted octanol–water partition coefficient (Wildman–Crippen LogP) is 2.04. The lowest BCUT2D eigenvalue weighted by atomic mass is 10.2. The van der Waals surface area contributed by atoms with Crippen LogP contribution in [0.5, 0.6) is 0 Å². The predicted molar refractivity (Wildman–Crippen MR) is 55.7 cm³/mol. The first-order chi connectivity index (χ1) is 6.75. The summed E-state index contributed by atoms with van der Waals surface area (Å²) in [6, 6.07) is 6.87. The van der Waals surface area contributed by atoms with Crippen molar-refractivity contribution in [2.75, 3.05) is 12.3 Å². The molecule has 2 N–H and O–H groups in total. The number of benzene rings is 1. The normalized spacial score (nSPS) is 9.79. The molecule has 3 heteroatoms. The molecule has 0 aromatic heterocycles. The second-order valence-corrected chi connectivity index (χ2v) is 2.93. The zero-order valence-corrected chi connectivity index (χ0v) is 8.03. The Morgan fingerprint density at radius 3 is 2.79 bits per heavy atom. The highest BCUT2D eigenvalue weighted by molar-refractivity contribution is 5.94. The van der Waals surface area contributed by atoms with Crippen molar-refractivity contribution in [2.24, 2.45) is 0 Å². The molecule has 0 amide bonds. The lowest BCUT2D eigenvalue weighted by Crippen LogP contribution is -2.08. The molecule has 0 saturated carbocycles. The number of unbranched alkanes of at least 4 members (excludes halogenated alkanes) is 1. The third-order valence-corrected chi connectivity index (χ3v) is 1.81. The Balaban J connectivity index is 2.56. The number of esters is 1. The van der Waals surface area contributed by atoms with Gasteiger partial charge >= 0.3 is 5.97 Å². The van der Waals surface area contributed by atoms with Crippen LogP contribution >= 0.6 is 0 Å². The van der Waals surface area contributed by atoms with Gasteiger partial charge in [-0.2, -0.15) is 0 Å². The molecule has 0 saturated heterocycles. The van der Waals surface area contributed by atoms with Crippen LogP contribution in [0.15, 0.2) is 24.3 Å². The van der Waals surface area contributed by atoms with Crippen LogP contribution in [-0.4, -0.2) is 12.6 Å². The maximum Gasteiger partial charge on any atom is 0.340 e. The van der Waals surface area contributed by atoms with E-state index in [4.69, 9.17) is 10.5 Å². The highest BCUT2D eigenvalue weighted by atomic mass is 16.5. The van der Waals surface area contributed by atoms with Gasteiger partial charge in [0.05, 0.1) is 12.2 Å². The molecule has 1 aromatic carbocycles. The van der Waals surface area contributed by atoms with Gasteiger partial charge < -0.3 is 10.5 Å². The summed E-state index contributed by atoms with van der Waals surface area (Å²) in [6.07, 6.45) is 1.54. The van der Waals surface area contributed by atoms with E-state index in [0.717, 1.165) is 12.8 Å². The highest BCUT2D eigenvalue weighted by Crippen LogP contribution is 2.11. The fraction of sp³-hybridized carbons (Fsp3) is 0.273. The van der Waals surface area contributed by atoms with Crippen molar-refractivity contribution in [3.63, 3.8) is 0 Å². The molecular formula is C11H14NO2. The summed E-state index contributed by atoms with van der Waals surface area (Å²) in [5, 5.41) is 0. The van der Waals surface area contributed by atoms with E-state index in [9.17, 15) is 4.79 Å². The molecule has 0 spiro atoms. The number of rotatable bonds is 4. The second-order valence-electron chi connectivity index (χ2n) is 2.93. The Hall–Kier alpha value is -1.51. The van der Waals surface area contributed by atoms with Crippen molar-refractivity contribution in [1.29, 1.82) is 0 Å². The number of hydrogen-bond acceptors (Lipinski definition) is 3. The number of nitrogen functional groups attached to an aromatic ring is 1. The monoisotopic (exact) mass is 192 g/mol. The van der Waals surface area contributed by atoms with Gasteiger partial charge in [0.25, 0.3) is 0 Å². The molecule has 0 aliphatic rings. The quantitative estimate of drug-likeness (QED) is 0.451. The van der Waals surface area contributed by atoms with Gasteiger partial charge in [0.15, 0.2) is 0 Å². The summed E-state index contributed by atoms with van der Waals surface area (Å²) in [6.45, 7) is 4.06. The first-order valence-corrected chi connectivity index (χ1v) is 4.56. The molecule has 0 aliphatic carbocycles. The fourth-order valence-corrected chi connectivity index (χ4v) is 1.03. The zero-order chi connectivity index (χ0) is 10.4. The topological polar surface area (TPSA) is 52.3 Å². The van der Waals surface area contributed by atoms with Crippen molar-refractivity contribution in [3.8, 4) is 0 Å². The standard InChI is InChI=1S/C11H14NO2/c1-2-3-8-14-11(13)9-6-4-5-7-10(9)12/h4-7H,1-3,8,12H2. The Morgan fingerprint density at radius 1 is 1.43 bits per heavy atom. The lowest BCUT2D eigenvalue weighted by Gasteiger charge is -2.05. The van der Waals surface area contributed by atoms with E-state index in [1.165, 1.54) is 0 Å². The highest BCUT2D eigenvalue weighted by Gasteiger charge is 2.09. The summed E-state index contributed by atoms with van der Waals surface area (Å²) < 4.78 is 4.99. The Labute approximate surface area is 83.9 Å². The van der Waals surface area contributed by atoms with Gasteiger partial charge in [0, 0.05) is 5.69 Å². The van der Waals surface area contributed by atoms with Crippen molar-refractivity contribution in [1.82, 2.24) is 0 Å². The maximum atomic E-state index is 11.4. The Kier molecular flexibility index (Phi) is 3.98. The van der Waals surface area contributed by atoms with Crippen molar-refractivity contribution >= 4 is 11.7 Å². The van der Waals surface area contributed by atoms with Crippen LogP contribution in [0.25, 0.3) is 0 Å². The van der Waals surface area contributed by atoms with Gasteiger partial charge in [0.2, 0.25) is 0 Å². The van der Waals surface area contributed by atoms with Crippen LogP contribution < -0.4 is 5.73 Å². The molecule has 0 fully saturated rings. The summed E-state index contributed by atoms with van der Waals surface area (Å²) in [5.74, 6) is -0.364. The van der Waals surface area contributed by atoms with E-state index < -0.39 is 0 Å². The molecule has 14 heavy (non-hydrogen) atoms. The fourth-order valence-electron chi connectivity index (χ4n) is 1.03. The van der Waals surface area contributed by atoms with Crippen LogP contribution in [0.1, 0.15) is 23.2 Å². The van der Waals surface area contributed by atoms with Gasteiger partial charge in [-0.05, 0) is 18.6 Å². The summed E-state index contributed by atoms with van der Waals surface area (Å²) in [5.41, 5.74) is 6.49. The molecule has 0 heterocycles. The molecule has 1 radical (unpaired) electrons. The smallest absolute Gasteiger partial charge is 0.340 e. The first-order valence-electron chi connectivity index (χ1n) is 4.56. The summed E-state index contributed by atoms with van der Waals surface area (Å²) in [4.78, 5) is 11.4. The summed E-state index contributed by atoms with van der Waals surface area (Å²) in [7, 11) is 0. The number of anilines is 1. The minimum absolute atomic E-state index is 0.364. The third-order valence-electron chi connectivity index (χ3n) is 1.81. The van der Waals surface area contributed by atoms with Crippen molar-refractivity contribution in [3.05, 3.63) is 36.8 Å². The SMILES string of the molecule is [CH2]CCCOC(=O)c1ccccc1N. The number of hydrogen-bond donors (Lipinski definition) is 1. The molecule has 0 bridgehead atoms. The molecule has 3 nitrogen and oxygen atoms in total. The van der Waals surface area contributed by atoms with Gasteiger partial charge in [-0.15, -0.1) is 0 Å². The average Bonchev–Trinajstić information content (AvgIpc) is 2.18. The van der Waals surface area contributed by atoms with E-state index in [0.29, 0.717) is 17.9 Å². The number of carbonyl (C=O) groups excluding carboxylic acids is 1. The maximum absolute atomic E-state index is 11.4. The molecular weight excluding hydrogens is 178 g/mol. The van der Waals surface area contributed by atoms with Crippen molar-refractivity contribution in [2.45, 2.75) is 12.8 Å². The molecule has 1 rings (SSSR count). The minimum atomic E-state index is -0.364. The van der Waals surface area contributed by atoms with Crippen LogP contribution in [0.2, 0.25) is 0 Å². The van der Waals surface area contributed by atoms with E-state index in [2.05, 4.69) is 6.92 Å². The van der Waals surface area contributed by atoms with E-state index >= 15 is 0 Å². The number of para-hydroxylation sites is 1. The molecule has 1 aromatic rings. The van der Waals surface area contributed by atoms with E-state index in [1.807, 2.05) is 0 Å². The number of carbonyl (C=O) groups is 1. The average molecular weight is 192 g/mol. The van der Waals surface area contributed by atoms with Gasteiger partial charge in [-0.3, -0.25) is 0 Å². The Bertz CT molecular complexity index is 310. The minimum Gasteiger partial charge on any atom is -0.462 e. The van der Waals surface area contributed by atoms with Gasteiger partial charge in [-0.1, -0.05) is 25.5 Å². The van der Waals surface area contributed by atoms with E-state index in [-0.39, 0.29) is 5.97 Å². The first kappa shape index (κ1) is 10.6. The zero-order valence-electron chi connectivity index (χ0n) is 8.03. The third kappa shape index (κ3) is 2.76. The molecule has 0 atom stereocenters. The summed E-state index contributed by atoms with van der Waals surface area (Å²) >= 11 is 0. The van der Waals surface area contributed by atoms with Crippen LogP contribution in [0.4, 0.5) is 5.69 Å². The van der Waals surface area contributed by atoms with E-state index in [1.54, 1.807) is 24.3 Å². The van der Waals surface area contributed by atoms with Crippen LogP contribution in [0.3, 0.4) is 0 Å². The lowest BCUT2D eigenvalue weighted by molar-refractivity contribution is 0.0502.